The van der Waals surface area contributed by atoms with E-state index in [9.17, 15) is 14.0 Å². The Hall–Kier alpha value is -1.99. The summed E-state index contributed by atoms with van der Waals surface area (Å²) in [6, 6.07) is 5.67. The number of ether oxygens (including phenoxy) is 1. The van der Waals surface area contributed by atoms with Gasteiger partial charge in [0.05, 0.1) is 13.2 Å². The lowest BCUT2D eigenvalue weighted by Gasteiger charge is -2.26. The van der Waals surface area contributed by atoms with Crippen molar-refractivity contribution in [1.29, 1.82) is 0 Å². The number of carbonyl (C=O) groups is 2. The third-order valence-corrected chi connectivity index (χ3v) is 3.93. The van der Waals surface area contributed by atoms with Crippen molar-refractivity contribution < 1.29 is 18.7 Å². The van der Waals surface area contributed by atoms with Crippen molar-refractivity contribution in [2.45, 2.75) is 13.3 Å². The number of nitrogens with one attached hydrogen (secondary N) is 1. The number of anilines is 1. The molecule has 0 aliphatic carbocycles. The first kappa shape index (κ1) is 18.4. The van der Waals surface area contributed by atoms with E-state index in [1.165, 1.54) is 36.1 Å². The largest absolute Gasteiger partial charge is 0.379 e. The van der Waals surface area contributed by atoms with E-state index < -0.39 is 0 Å². The fourth-order valence-electron chi connectivity index (χ4n) is 2.57. The summed E-state index contributed by atoms with van der Waals surface area (Å²) in [7, 11) is 0. The van der Waals surface area contributed by atoms with Crippen LogP contribution in [0.25, 0.3) is 0 Å². The smallest absolute Gasteiger partial charge is 0.223 e. The minimum absolute atomic E-state index is 0.100. The molecular weight excluding hydrogens is 313 g/mol. The summed E-state index contributed by atoms with van der Waals surface area (Å²) in [5.41, 5.74) is 0.588. The maximum Gasteiger partial charge on any atom is 0.223 e. The van der Waals surface area contributed by atoms with Crippen LogP contribution in [0.3, 0.4) is 0 Å². The van der Waals surface area contributed by atoms with E-state index in [0.29, 0.717) is 12.2 Å². The predicted molar refractivity (Wildman–Crippen MR) is 89.3 cm³/mol. The molecule has 1 aliphatic rings. The first-order valence-corrected chi connectivity index (χ1v) is 8.17. The van der Waals surface area contributed by atoms with Crippen molar-refractivity contribution >= 4 is 17.5 Å². The molecule has 1 heterocycles. The Balaban J connectivity index is 1.73. The second-order valence-corrected chi connectivity index (χ2v) is 5.70. The number of amides is 2. The fourth-order valence-corrected chi connectivity index (χ4v) is 2.57. The van der Waals surface area contributed by atoms with Crippen molar-refractivity contribution in [1.82, 2.24) is 10.2 Å². The lowest BCUT2D eigenvalue weighted by atomic mass is 10.2. The van der Waals surface area contributed by atoms with Gasteiger partial charge < -0.3 is 15.0 Å². The number of benzene rings is 1. The average molecular weight is 337 g/mol. The van der Waals surface area contributed by atoms with Crippen LogP contribution in [0.5, 0.6) is 0 Å². The molecule has 2 rings (SSSR count). The Bertz CT molecular complexity index is 545. The van der Waals surface area contributed by atoms with E-state index in [1.807, 2.05) is 0 Å². The highest BCUT2D eigenvalue weighted by molar-refractivity contribution is 5.92. The van der Waals surface area contributed by atoms with Crippen LogP contribution in [0, 0.1) is 5.82 Å². The fraction of sp³-hybridized carbons (Fsp3) is 0.529. The molecule has 0 bridgehead atoms. The zero-order valence-electron chi connectivity index (χ0n) is 14.0. The van der Waals surface area contributed by atoms with Crippen molar-refractivity contribution in [3.05, 3.63) is 30.1 Å². The Kier molecular flexibility index (Phi) is 7.14. The van der Waals surface area contributed by atoms with Crippen LogP contribution < -0.4 is 10.2 Å². The van der Waals surface area contributed by atoms with Crippen LogP contribution in [0.2, 0.25) is 0 Å². The molecule has 1 fully saturated rings. The summed E-state index contributed by atoms with van der Waals surface area (Å²) >= 11 is 0. The number of carbonyl (C=O) groups excluding carboxylic acids is 2. The van der Waals surface area contributed by atoms with Gasteiger partial charge in [-0.25, -0.2) is 4.39 Å². The molecule has 1 aliphatic heterocycles. The molecule has 0 atom stereocenters. The van der Waals surface area contributed by atoms with Crippen molar-refractivity contribution in [3.8, 4) is 0 Å². The third-order valence-electron chi connectivity index (χ3n) is 3.93. The summed E-state index contributed by atoms with van der Waals surface area (Å²) in [5, 5.41) is 2.87. The van der Waals surface area contributed by atoms with Crippen molar-refractivity contribution in [2.24, 2.45) is 0 Å². The molecule has 6 nitrogen and oxygen atoms in total. The van der Waals surface area contributed by atoms with Gasteiger partial charge in [0.2, 0.25) is 11.8 Å². The summed E-state index contributed by atoms with van der Waals surface area (Å²) in [4.78, 5) is 27.4. The standard InChI is InChI=1S/C17H24FN3O3/c1-14(22)21(16-4-2-15(18)3-5-16)8-6-17(23)19-7-9-20-10-12-24-13-11-20/h2-5H,6-13H2,1H3,(H,19,23). The molecule has 0 unspecified atom stereocenters. The second-order valence-electron chi connectivity index (χ2n) is 5.70. The SMILES string of the molecule is CC(=O)N(CCC(=O)NCCN1CCOCC1)c1ccc(F)cc1. The molecule has 0 aromatic heterocycles. The number of hydrogen-bond acceptors (Lipinski definition) is 4. The Morgan fingerprint density at radius 2 is 1.92 bits per heavy atom. The summed E-state index contributed by atoms with van der Waals surface area (Å²) in [6.07, 6.45) is 0.208. The topological polar surface area (TPSA) is 61.9 Å². The zero-order chi connectivity index (χ0) is 17.4. The Labute approximate surface area is 141 Å². The molecule has 1 N–H and O–H groups in total. The van der Waals surface area contributed by atoms with Crippen LogP contribution in [0.15, 0.2) is 24.3 Å². The molecule has 7 heteroatoms. The number of hydrogen-bond donors (Lipinski definition) is 1. The molecule has 0 spiro atoms. The number of morpholine rings is 1. The van der Waals surface area contributed by atoms with E-state index in [-0.39, 0.29) is 30.6 Å². The van der Waals surface area contributed by atoms with Crippen molar-refractivity contribution in [2.75, 3.05) is 50.8 Å². The van der Waals surface area contributed by atoms with Gasteiger partial charge in [-0.3, -0.25) is 14.5 Å². The molecule has 0 saturated carbocycles. The van der Waals surface area contributed by atoms with Crippen LogP contribution in [-0.2, 0) is 14.3 Å². The van der Waals surface area contributed by atoms with Crippen LogP contribution in [0.1, 0.15) is 13.3 Å². The number of rotatable bonds is 7. The Morgan fingerprint density at radius 3 is 2.54 bits per heavy atom. The lowest BCUT2D eigenvalue weighted by Crippen LogP contribution is -2.42. The van der Waals surface area contributed by atoms with Gasteiger partial charge in [-0.15, -0.1) is 0 Å². The van der Waals surface area contributed by atoms with E-state index in [0.717, 1.165) is 32.8 Å². The van der Waals surface area contributed by atoms with E-state index in [2.05, 4.69) is 10.2 Å². The number of nitrogens with zero attached hydrogens (tertiary/aromatic N) is 2. The molecule has 1 aromatic carbocycles. The molecule has 132 valence electrons. The molecule has 1 saturated heterocycles. The molecule has 0 radical (unpaired) electrons. The van der Waals surface area contributed by atoms with Gasteiger partial charge in [-0.2, -0.15) is 0 Å². The maximum atomic E-state index is 13.0. The van der Waals surface area contributed by atoms with Gasteiger partial charge in [-0.1, -0.05) is 0 Å². The highest BCUT2D eigenvalue weighted by atomic mass is 19.1. The first-order chi connectivity index (χ1) is 11.6. The summed E-state index contributed by atoms with van der Waals surface area (Å²) < 4.78 is 18.3. The van der Waals surface area contributed by atoms with E-state index in [4.69, 9.17) is 4.74 Å². The second kappa shape index (κ2) is 9.34. The van der Waals surface area contributed by atoms with Crippen LogP contribution in [0.4, 0.5) is 10.1 Å². The third kappa shape index (κ3) is 5.90. The quantitative estimate of drug-likeness (QED) is 0.807. The van der Waals surface area contributed by atoms with E-state index >= 15 is 0 Å². The first-order valence-electron chi connectivity index (χ1n) is 8.17. The van der Waals surface area contributed by atoms with Crippen LogP contribution in [-0.4, -0.2) is 62.7 Å². The van der Waals surface area contributed by atoms with Crippen molar-refractivity contribution in [3.63, 3.8) is 0 Å². The molecule has 24 heavy (non-hydrogen) atoms. The highest BCUT2D eigenvalue weighted by Gasteiger charge is 2.14. The summed E-state index contributed by atoms with van der Waals surface area (Å²) in [6.45, 7) is 6.32. The van der Waals surface area contributed by atoms with Gasteiger partial charge >= 0.3 is 0 Å². The molecule has 1 aromatic rings. The maximum absolute atomic E-state index is 13.0. The van der Waals surface area contributed by atoms with E-state index in [1.54, 1.807) is 0 Å². The van der Waals surface area contributed by atoms with Crippen LogP contribution >= 0.6 is 0 Å². The minimum atomic E-state index is -0.358. The average Bonchev–Trinajstić information content (AvgIpc) is 2.57. The molecular formula is C17H24FN3O3. The normalized spacial score (nSPS) is 15.1. The summed E-state index contributed by atoms with van der Waals surface area (Å²) in [5.74, 6) is -0.637. The lowest BCUT2D eigenvalue weighted by molar-refractivity contribution is -0.121. The Morgan fingerprint density at radius 1 is 1.25 bits per heavy atom. The van der Waals surface area contributed by atoms with Gasteiger partial charge in [0.25, 0.3) is 0 Å². The predicted octanol–water partition coefficient (Wildman–Crippen LogP) is 1.02. The zero-order valence-corrected chi connectivity index (χ0v) is 14.0. The number of halogens is 1. The highest BCUT2D eigenvalue weighted by Crippen LogP contribution is 2.15. The molecule has 2 amide bonds. The van der Waals surface area contributed by atoms with Gasteiger partial charge in [0.15, 0.2) is 0 Å². The van der Waals surface area contributed by atoms with Gasteiger partial charge in [0.1, 0.15) is 5.82 Å². The monoisotopic (exact) mass is 337 g/mol. The van der Waals surface area contributed by atoms with Gasteiger partial charge in [0, 0.05) is 51.8 Å². The minimum Gasteiger partial charge on any atom is -0.379 e. The van der Waals surface area contributed by atoms with Gasteiger partial charge in [-0.05, 0) is 24.3 Å².